The average Bonchev–Trinajstić information content (AvgIpc) is 2.43. The molecule has 0 aliphatic heterocycles. The second-order valence-electron chi connectivity index (χ2n) is 3.77. The fourth-order valence-electron chi connectivity index (χ4n) is 1.78. The number of aromatic nitrogens is 2. The molecule has 2 aromatic rings. The first-order valence-corrected chi connectivity index (χ1v) is 4.87. The van der Waals surface area contributed by atoms with Gasteiger partial charge in [-0.1, -0.05) is 6.07 Å². The number of carboxylic acids is 1. The van der Waals surface area contributed by atoms with E-state index in [4.69, 9.17) is 5.11 Å². The lowest BCUT2D eigenvalue weighted by atomic mass is 10.1. The lowest BCUT2D eigenvalue weighted by Gasteiger charge is -2.01. The molecule has 0 atom stereocenters. The van der Waals surface area contributed by atoms with Gasteiger partial charge in [0.05, 0.1) is 17.3 Å². The summed E-state index contributed by atoms with van der Waals surface area (Å²) in [6, 6.07) is 5.10. The summed E-state index contributed by atoms with van der Waals surface area (Å²) < 4.78 is 3.21. The van der Waals surface area contributed by atoms with Crippen molar-refractivity contribution in [2.75, 3.05) is 0 Å². The van der Waals surface area contributed by atoms with Crippen LogP contribution in [0.4, 0.5) is 0 Å². The zero-order valence-corrected chi connectivity index (χ0v) is 9.10. The fourth-order valence-corrected chi connectivity index (χ4v) is 1.78. The summed E-state index contributed by atoms with van der Waals surface area (Å²) in [6.07, 6.45) is -0.0287. The molecule has 0 saturated carbocycles. The van der Waals surface area contributed by atoms with Crippen LogP contribution < -0.4 is 5.56 Å². The molecule has 5 nitrogen and oxygen atoms in total. The molecule has 0 fully saturated rings. The molecule has 0 radical (unpaired) electrons. The van der Waals surface area contributed by atoms with Gasteiger partial charge in [0.15, 0.2) is 0 Å². The van der Waals surface area contributed by atoms with Gasteiger partial charge in [0.2, 0.25) is 0 Å². The minimum absolute atomic E-state index is 0.0287. The Morgan fingerprint density at radius 1 is 1.31 bits per heavy atom. The van der Waals surface area contributed by atoms with Gasteiger partial charge in [-0.2, -0.15) is 0 Å². The lowest BCUT2D eigenvalue weighted by molar-refractivity contribution is -0.136. The fraction of sp³-hybridized carbons (Fsp3) is 0.273. The van der Waals surface area contributed by atoms with Gasteiger partial charge in [-0.3, -0.25) is 19.0 Å². The zero-order chi connectivity index (χ0) is 11.9. The van der Waals surface area contributed by atoms with Gasteiger partial charge in [0.1, 0.15) is 0 Å². The minimum atomic E-state index is -0.875. The Hall–Kier alpha value is -2.04. The number of fused-ring (bicyclic) bond motifs is 1. The van der Waals surface area contributed by atoms with E-state index in [1.54, 1.807) is 37.0 Å². The maximum Gasteiger partial charge on any atom is 0.307 e. The van der Waals surface area contributed by atoms with E-state index in [1.165, 1.54) is 4.68 Å². The summed E-state index contributed by atoms with van der Waals surface area (Å²) in [7, 11) is 3.45. The van der Waals surface area contributed by atoms with Gasteiger partial charge in [0, 0.05) is 14.1 Å². The number of nitrogens with zero attached hydrogens (tertiary/aromatic N) is 2. The van der Waals surface area contributed by atoms with Crippen LogP contribution in [0.15, 0.2) is 23.0 Å². The molecule has 0 aliphatic rings. The van der Waals surface area contributed by atoms with E-state index >= 15 is 0 Å². The predicted molar refractivity (Wildman–Crippen MR) is 59.5 cm³/mol. The van der Waals surface area contributed by atoms with Gasteiger partial charge in [0.25, 0.3) is 5.56 Å². The predicted octanol–water partition coefficient (Wildman–Crippen LogP) is 0.504. The van der Waals surface area contributed by atoms with Crippen molar-refractivity contribution in [3.8, 4) is 0 Å². The number of hydrogen-bond donors (Lipinski definition) is 1. The molecular formula is C11H12N2O3. The Labute approximate surface area is 91.5 Å². The number of rotatable bonds is 2. The molecule has 0 aliphatic carbocycles. The zero-order valence-electron chi connectivity index (χ0n) is 9.10. The molecule has 1 heterocycles. The number of aliphatic carboxylic acids is 1. The van der Waals surface area contributed by atoms with Gasteiger partial charge >= 0.3 is 5.97 Å². The van der Waals surface area contributed by atoms with Crippen LogP contribution in [0.2, 0.25) is 0 Å². The summed E-state index contributed by atoms with van der Waals surface area (Å²) in [4.78, 5) is 22.3. The summed E-state index contributed by atoms with van der Waals surface area (Å²) >= 11 is 0. The molecule has 5 heteroatoms. The van der Waals surface area contributed by atoms with Crippen LogP contribution >= 0.6 is 0 Å². The van der Waals surface area contributed by atoms with Gasteiger partial charge in [-0.15, -0.1) is 0 Å². The molecule has 2 rings (SSSR count). The Morgan fingerprint density at radius 2 is 2.00 bits per heavy atom. The number of carbonyl (C=O) groups is 1. The Morgan fingerprint density at radius 3 is 2.62 bits per heavy atom. The van der Waals surface area contributed by atoms with E-state index in [1.807, 2.05) is 0 Å². The summed E-state index contributed by atoms with van der Waals surface area (Å²) in [5.41, 5.74) is 1.38. The van der Waals surface area contributed by atoms with Crippen molar-refractivity contribution in [1.82, 2.24) is 9.36 Å². The monoisotopic (exact) mass is 220 g/mol. The largest absolute Gasteiger partial charge is 0.481 e. The standard InChI is InChI=1S/C11H12N2O3/c1-12-9-5-7(6-10(14)15)3-4-8(9)11(16)13(12)2/h3-5H,6H2,1-2H3,(H,14,15). The highest BCUT2D eigenvalue weighted by molar-refractivity contribution is 5.81. The van der Waals surface area contributed by atoms with E-state index in [2.05, 4.69) is 0 Å². The molecule has 0 bridgehead atoms. The number of benzene rings is 1. The molecular weight excluding hydrogens is 208 g/mol. The first-order chi connectivity index (χ1) is 7.50. The highest BCUT2D eigenvalue weighted by atomic mass is 16.4. The smallest absolute Gasteiger partial charge is 0.307 e. The molecule has 0 amide bonds. The topological polar surface area (TPSA) is 64.2 Å². The Balaban J connectivity index is 2.67. The van der Waals surface area contributed by atoms with E-state index < -0.39 is 5.97 Å². The molecule has 0 spiro atoms. The van der Waals surface area contributed by atoms with Crippen molar-refractivity contribution in [3.05, 3.63) is 34.1 Å². The Kier molecular flexibility index (Phi) is 2.30. The van der Waals surface area contributed by atoms with Crippen molar-refractivity contribution in [1.29, 1.82) is 0 Å². The quantitative estimate of drug-likeness (QED) is 0.801. The van der Waals surface area contributed by atoms with Crippen LogP contribution in [0, 0.1) is 0 Å². The third-order valence-electron chi connectivity index (χ3n) is 2.74. The van der Waals surface area contributed by atoms with Crippen LogP contribution in [-0.2, 0) is 25.3 Å². The molecule has 1 N–H and O–H groups in total. The van der Waals surface area contributed by atoms with Crippen molar-refractivity contribution in [3.63, 3.8) is 0 Å². The number of hydrogen-bond acceptors (Lipinski definition) is 2. The molecule has 0 unspecified atom stereocenters. The van der Waals surface area contributed by atoms with Gasteiger partial charge in [-0.25, -0.2) is 0 Å². The summed E-state index contributed by atoms with van der Waals surface area (Å²) in [6.45, 7) is 0. The third-order valence-corrected chi connectivity index (χ3v) is 2.74. The number of aryl methyl sites for hydroxylation is 1. The van der Waals surface area contributed by atoms with Crippen LogP contribution in [0.5, 0.6) is 0 Å². The molecule has 16 heavy (non-hydrogen) atoms. The molecule has 0 saturated heterocycles. The first kappa shape index (κ1) is 10.5. The first-order valence-electron chi connectivity index (χ1n) is 4.87. The lowest BCUT2D eigenvalue weighted by Crippen LogP contribution is -2.16. The molecule has 84 valence electrons. The Bertz CT molecular complexity index is 622. The van der Waals surface area contributed by atoms with Crippen LogP contribution in [0.3, 0.4) is 0 Å². The maximum absolute atomic E-state index is 11.7. The van der Waals surface area contributed by atoms with E-state index in [9.17, 15) is 9.59 Å². The SMILES string of the molecule is Cn1c(=O)c2ccc(CC(=O)O)cc2n1C. The van der Waals surface area contributed by atoms with E-state index in [0.717, 1.165) is 5.52 Å². The van der Waals surface area contributed by atoms with Gasteiger partial charge < -0.3 is 5.11 Å². The third kappa shape index (κ3) is 1.50. The second-order valence-corrected chi connectivity index (χ2v) is 3.77. The maximum atomic E-state index is 11.7. The number of carboxylic acid groups (broad SMARTS) is 1. The van der Waals surface area contributed by atoms with Crippen molar-refractivity contribution in [2.24, 2.45) is 14.1 Å². The molecule has 1 aromatic carbocycles. The van der Waals surface area contributed by atoms with Crippen molar-refractivity contribution >= 4 is 16.9 Å². The van der Waals surface area contributed by atoms with Crippen molar-refractivity contribution in [2.45, 2.75) is 6.42 Å². The second kappa shape index (κ2) is 3.52. The summed E-state index contributed by atoms with van der Waals surface area (Å²) in [5, 5.41) is 9.30. The minimum Gasteiger partial charge on any atom is -0.481 e. The molecule has 1 aromatic heterocycles. The summed E-state index contributed by atoms with van der Waals surface area (Å²) in [5.74, 6) is -0.875. The van der Waals surface area contributed by atoms with E-state index in [-0.39, 0.29) is 12.0 Å². The normalized spacial score (nSPS) is 10.9. The van der Waals surface area contributed by atoms with Gasteiger partial charge in [-0.05, 0) is 17.7 Å². The average molecular weight is 220 g/mol. The van der Waals surface area contributed by atoms with Crippen LogP contribution in [-0.4, -0.2) is 20.4 Å². The van der Waals surface area contributed by atoms with E-state index in [0.29, 0.717) is 10.9 Å². The van der Waals surface area contributed by atoms with Crippen LogP contribution in [0.25, 0.3) is 10.9 Å². The highest BCUT2D eigenvalue weighted by Gasteiger charge is 2.09. The highest BCUT2D eigenvalue weighted by Crippen LogP contribution is 2.13. The van der Waals surface area contributed by atoms with Crippen LogP contribution in [0.1, 0.15) is 5.56 Å². The van der Waals surface area contributed by atoms with Crippen molar-refractivity contribution < 1.29 is 9.90 Å².